The fourth-order valence-corrected chi connectivity index (χ4v) is 2.44. The highest BCUT2D eigenvalue weighted by atomic mass is 16.5. The van der Waals surface area contributed by atoms with Crippen LogP contribution in [-0.4, -0.2) is 22.3 Å². The zero-order valence-corrected chi connectivity index (χ0v) is 14.7. The third-order valence-corrected chi connectivity index (χ3v) is 3.75. The van der Waals surface area contributed by atoms with Gasteiger partial charge in [-0.1, -0.05) is 36.4 Å². The first-order valence-electron chi connectivity index (χ1n) is 8.34. The van der Waals surface area contributed by atoms with Crippen LogP contribution in [0, 0.1) is 0 Å². The van der Waals surface area contributed by atoms with E-state index >= 15 is 0 Å². The van der Waals surface area contributed by atoms with Crippen LogP contribution in [0.15, 0.2) is 72.8 Å². The normalized spacial score (nSPS) is 10.1. The van der Waals surface area contributed by atoms with Crippen molar-refractivity contribution in [2.75, 3.05) is 5.32 Å². The summed E-state index contributed by atoms with van der Waals surface area (Å²) in [6, 6.07) is 20.3. The standard InChI is InChI=1S/C21H17NO6/c23-19-17(20(24)25)10-5-11-18(19)22-21(26)27-13-14-6-4-9-16(12-14)28-15-7-2-1-3-8-15/h1-12,23H,13H2,(H,22,26)(H,24,25). The Hall–Kier alpha value is -4.00. The van der Waals surface area contributed by atoms with Gasteiger partial charge in [-0.2, -0.15) is 0 Å². The van der Waals surface area contributed by atoms with E-state index in [1.165, 1.54) is 18.2 Å². The molecule has 0 aliphatic heterocycles. The summed E-state index contributed by atoms with van der Waals surface area (Å²) in [5.41, 5.74) is 0.335. The topological polar surface area (TPSA) is 105 Å². The van der Waals surface area contributed by atoms with Crippen LogP contribution in [0.3, 0.4) is 0 Å². The highest BCUT2D eigenvalue weighted by Crippen LogP contribution is 2.27. The number of carbonyl (C=O) groups excluding carboxylic acids is 1. The SMILES string of the molecule is O=C(Nc1cccc(C(=O)O)c1O)OCc1cccc(Oc2ccccc2)c1. The Morgan fingerprint density at radius 2 is 1.61 bits per heavy atom. The molecule has 0 atom stereocenters. The first-order chi connectivity index (χ1) is 13.5. The van der Waals surface area contributed by atoms with E-state index in [-0.39, 0.29) is 17.9 Å². The van der Waals surface area contributed by atoms with Crippen molar-refractivity contribution >= 4 is 17.7 Å². The van der Waals surface area contributed by atoms with Crippen LogP contribution in [0.4, 0.5) is 10.5 Å². The van der Waals surface area contributed by atoms with Gasteiger partial charge in [-0.3, -0.25) is 5.32 Å². The second-order valence-corrected chi connectivity index (χ2v) is 5.77. The van der Waals surface area contributed by atoms with E-state index in [1.807, 2.05) is 30.3 Å². The van der Waals surface area contributed by atoms with Gasteiger partial charge >= 0.3 is 12.1 Å². The van der Waals surface area contributed by atoms with Crippen molar-refractivity contribution < 1.29 is 29.3 Å². The molecule has 0 radical (unpaired) electrons. The van der Waals surface area contributed by atoms with Gasteiger partial charge in [0.25, 0.3) is 0 Å². The number of hydrogen-bond donors (Lipinski definition) is 3. The maximum atomic E-state index is 12.0. The Labute approximate surface area is 160 Å². The summed E-state index contributed by atoms with van der Waals surface area (Å²) in [4.78, 5) is 23.0. The molecule has 28 heavy (non-hydrogen) atoms. The van der Waals surface area contributed by atoms with Gasteiger partial charge in [-0.25, -0.2) is 9.59 Å². The van der Waals surface area contributed by atoms with Gasteiger partial charge in [-0.15, -0.1) is 0 Å². The van der Waals surface area contributed by atoms with Gasteiger partial charge < -0.3 is 19.7 Å². The molecule has 0 fully saturated rings. The largest absolute Gasteiger partial charge is 0.505 e. The van der Waals surface area contributed by atoms with Crippen molar-refractivity contribution in [3.8, 4) is 17.2 Å². The third-order valence-electron chi connectivity index (χ3n) is 3.75. The van der Waals surface area contributed by atoms with E-state index in [1.54, 1.807) is 24.3 Å². The molecule has 1 amide bonds. The summed E-state index contributed by atoms with van der Waals surface area (Å²) >= 11 is 0. The lowest BCUT2D eigenvalue weighted by atomic mass is 10.2. The highest BCUT2D eigenvalue weighted by Gasteiger charge is 2.15. The number of nitrogens with one attached hydrogen (secondary N) is 1. The molecule has 0 saturated carbocycles. The Bertz CT molecular complexity index is 987. The quantitative estimate of drug-likeness (QED) is 0.539. The number of carboxylic acids is 1. The average molecular weight is 379 g/mol. The fraction of sp³-hybridized carbons (Fsp3) is 0.0476. The molecular weight excluding hydrogens is 362 g/mol. The number of aromatic carboxylic acids is 1. The van der Waals surface area contributed by atoms with Gasteiger partial charge in [0.05, 0.1) is 5.69 Å². The smallest absolute Gasteiger partial charge is 0.412 e. The number of rotatable bonds is 6. The molecule has 0 bridgehead atoms. The second-order valence-electron chi connectivity index (χ2n) is 5.77. The number of carbonyl (C=O) groups is 2. The van der Waals surface area contributed by atoms with Gasteiger partial charge in [0.1, 0.15) is 23.7 Å². The Morgan fingerprint density at radius 1 is 0.893 bits per heavy atom. The minimum absolute atomic E-state index is 0.0305. The summed E-state index contributed by atoms with van der Waals surface area (Å²) in [6.07, 6.45) is -0.827. The number of hydrogen-bond acceptors (Lipinski definition) is 5. The molecule has 0 spiro atoms. The van der Waals surface area contributed by atoms with Crippen molar-refractivity contribution in [2.24, 2.45) is 0 Å². The van der Waals surface area contributed by atoms with E-state index in [4.69, 9.17) is 14.6 Å². The molecule has 0 aromatic heterocycles. The monoisotopic (exact) mass is 379 g/mol. The maximum Gasteiger partial charge on any atom is 0.412 e. The highest BCUT2D eigenvalue weighted by molar-refractivity contribution is 5.96. The summed E-state index contributed by atoms with van der Waals surface area (Å²) < 4.78 is 10.9. The molecule has 0 aliphatic rings. The summed E-state index contributed by atoms with van der Waals surface area (Å²) in [6.45, 7) is -0.0305. The molecule has 0 aliphatic carbocycles. The van der Waals surface area contributed by atoms with Crippen LogP contribution < -0.4 is 10.1 Å². The molecule has 7 nitrogen and oxygen atoms in total. The fourth-order valence-electron chi connectivity index (χ4n) is 2.44. The number of anilines is 1. The zero-order chi connectivity index (χ0) is 19.9. The van der Waals surface area contributed by atoms with E-state index in [2.05, 4.69) is 5.32 Å². The summed E-state index contributed by atoms with van der Waals surface area (Å²) in [5.74, 6) is -0.554. The molecular formula is C21H17NO6. The number of ether oxygens (including phenoxy) is 2. The average Bonchev–Trinajstić information content (AvgIpc) is 2.69. The molecule has 7 heteroatoms. The van der Waals surface area contributed by atoms with Crippen molar-refractivity contribution in [1.82, 2.24) is 0 Å². The lowest BCUT2D eigenvalue weighted by Crippen LogP contribution is -2.14. The van der Waals surface area contributed by atoms with E-state index in [0.29, 0.717) is 17.1 Å². The first-order valence-corrected chi connectivity index (χ1v) is 8.34. The number of benzene rings is 3. The van der Waals surface area contributed by atoms with Gasteiger partial charge in [0.2, 0.25) is 0 Å². The Balaban J connectivity index is 1.60. The van der Waals surface area contributed by atoms with Gasteiger partial charge in [-0.05, 0) is 42.0 Å². The Kier molecular flexibility index (Phi) is 5.76. The number of phenols is 1. The third kappa shape index (κ3) is 4.79. The van der Waals surface area contributed by atoms with E-state index in [9.17, 15) is 14.7 Å². The van der Waals surface area contributed by atoms with Crippen LogP contribution in [0.2, 0.25) is 0 Å². The molecule has 3 N–H and O–H groups in total. The van der Waals surface area contributed by atoms with Crippen molar-refractivity contribution in [3.05, 3.63) is 83.9 Å². The number of carboxylic acid groups (broad SMARTS) is 1. The first kappa shape index (κ1) is 18.8. The van der Waals surface area contributed by atoms with Crippen LogP contribution in [0.5, 0.6) is 17.2 Å². The van der Waals surface area contributed by atoms with E-state index < -0.39 is 17.8 Å². The minimum atomic E-state index is -1.30. The van der Waals surface area contributed by atoms with Crippen LogP contribution in [-0.2, 0) is 11.3 Å². The van der Waals surface area contributed by atoms with Crippen molar-refractivity contribution in [2.45, 2.75) is 6.61 Å². The molecule has 142 valence electrons. The summed E-state index contributed by atoms with van der Waals surface area (Å²) in [7, 11) is 0. The van der Waals surface area contributed by atoms with Crippen LogP contribution >= 0.6 is 0 Å². The molecule has 3 aromatic carbocycles. The molecule has 0 unspecified atom stereocenters. The zero-order valence-electron chi connectivity index (χ0n) is 14.7. The predicted molar refractivity (Wildman–Crippen MR) is 102 cm³/mol. The maximum absolute atomic E-state index is 12.0. The van der Waals surface area contributed by atoms with E-state index in [0.717, 1.165) is 0 Å². The number of amides is 1. The number of aromatic hydroxyl groups is 1. The van der Waals surface area contributed by atoms with Crippen LogP contribution in [0.1, 0.15) is 15.9 Å². The lowest BCUT2D eigenvalue weighted by molar-refractivity contribution is 0.0693. The predicted octanol–water partition coefficient (Wildman–Crippen LogP) is 4.63. The molecule has 0 heterocycles. The number of para-hydroxylation sites is 2. The van der Waals surface area contributed by atoms with Gasteiger partial charge in [0.15, 0.2) is 5.75 Å². The van der Waals surface area contributed by atoms with Crippen molar-refractivity contribution in [3.63, 3.8) is 0 Å². The molecule has 3 rings (SSSR count). The molecule has 3 aromatic rings. The van der Waals surface area contributed by atoms with Gasteiger partial charge in [0, 0.05) is 0 Å². The summed E-state index contributed by atoms with van der Waals surface area (Å²) in [5, 5.41) is 21.2. The minimum Gasteiger partial charge on any atom is -0.505 e. The van der Waals surface area contributed by atoms with Crippen LogP contribution in [0.25, 0.3) is 0 Å². The Morgan fingerprint density at radius 3 is 2.36 bits per heavy atom. The van der Waals surface area contributed by atoms with Crippen molar-refractivity contribution in [1.29, 1.82) is 0 Å². The lowest BCUT2D eigenvalue weighted by Gasteiger charge is -2.11. The molecule has 0 saturated heterocycles. The second kappa shape index (κ2) is 8.59.